The van der Waals surface area contributed by atoms with Crippen LogP contribution in [0.25, 0.3) is 0 Å². The van der Waals surface area contributed by atoms with E-state index in [1.54, 1.807) is 0 Å². The van der Waals surface area contributed by atoms with E-state index in [1.807, 2.05) is 0 Å². The molecule has 62 valence electrons. The van der Waals surface area contributed by atoms with E-state index in [9.17, 15) is 0 Å². The molecule has 0 spiro atoms. The molecule has 0 amide bonds. The third kappa shape index (κ3) is 0.928. The number of rotatable bonds is 0. The van der Waals surface area contributed by atoms with Gasteiger partial charge in [-0.25, -0.2) is 20.0 Å². The summed E-state index contributed by atoms with van der Waals surface area (Å²) in [6.07, 6.45) is 2.77. The van der Waals surface area contributed by atoms with Gasteiger partial charge in [0.1, 0.15) is 12.7 Å². The molecule has 6 nitrogen and oxygen atoms in total. The van der Waals surface area contributed by atoms with E-state index in [-0.39, 0.29) is 6.04 Å². The van der Waals surface area contributed by atoms with Crippen LogP contribution in [0.5, 0.6) is 0 Å². The first-order chi connectivity index (χ1) is 5.79. The van der Waals surface area contributed by atoms with Gasteiger partial charge in [0.2, 0.25) is 0 Å². The predicted octanol–water partition coefficient (Wildman–Crippen LogP) is -0.443. The zero-order valence-electron chi connectivity index (χ0n) is 6.42. The lowest BCUT2D eigenvalue weighted by Gasteiger charge is -2.18. The molecule has 0 aromatic rings. The maximum Gasteiger partial charge on any atom is 0.171 e. The van der Waals surface area contributed by atoms with Crippen LogP contribution in [0.15, 0.2) is 20.0 Å². The van der Waals surface area contributed by atoms with Gasteiger partial charge in [-0.3, -0.25) is 10.2 Å². The molecule has 0 saturated heterocycles. The lowest BCUT2D eigenvalue weighted by Crippen LogP contribution is -2.38. The Balaban J connectivity index is 2.35. The highest BCUT2D eigenvalue weighted by molar-refractivity contribution is 6.19. The van der Waals surface area contributed by atoms with Gasteiger partial charge >= 0.3 is 0 Å². The first-order valence-electron chi connectivity index (χ1n) is 3.41. The zero-order chi connectivity index (χ0) is 8.55. The van der Waals surface area contributed by atoms with Gasteiger partial charge in [0.05, 0.1) is 0 Å². The number of likely N-dealkylation sites (N-methyl/N-ethyl adjacent to an activating group) is 1. The Morgan fingerprint density at radius 3 is 3.00 bits per heavy atom. The van der Waals surface area contributed by atoms with Crippen molar-refractivity contribution in [2.75, 3.05) is 7.05 Å². The summed E-state index contributed by atoms with van der Waals surface area (Å²) in [5.41, 5.74) is 0. The van der Waals surface area contributed by atoms with E-state index in [0.717, 1.165) is 5.06 Å². The Bertz CT molecular complexity index is 314. The largest absolute Gasteiger partial charge is 0.287 e. The summed E-state index contributed by atoms with van der Waals surface area (Å²) < 4.78 is 0. The second kappa shape index (κ2) is 2.49. The molecule has 0 aromatic carbocycles. The fourth-order valence-electron chi connectivity index (χ4n) is 1.06. The van der Waals surface area contributed by atoms with Crippen molar-refractivity contribution < 1.29 is 5.21 Å². The molecule has 2 heterocycles. The van der Waals surface area contributed by atoms with Gasteiger partial charge < -0.3 is 0 Å². The highest BCUT2D eigenvalue weighted by Crippen LogP contribution is 2.09. The van der Waals surface area contributed by atoms with Crippen molar-refractivity contribution in [3.05, 3.63) is 0 Å². The quantitative estimate of drug-likeness (QED) is 0.494. The topological polar surface area (TPSA) is 72.9 Å². The van der Waals surface area contributed by atoms with Gasteiger partial charge in [-0.05, 0) is 0 Å². The molecule has 0 aliphatic carbocycles. The lowest BCUT2D eigenvalue weighted by atomic mass is 10.2. The first-order valence-corrected chi connectivity index (χ1v) is 3.41. The van der Waals surface area contributed by atoms with Crippen LogP contribution in [-0.2, 0) is 0 Å². The zero-order valence-corrected chi connectivity index (χ0v) is 6.42. The molecule has 1 atom stereocenters. The van der Waals surface area contributed by atoms with Gasteiger partial charge in [-0.2, -0.15) is 0 Å². The Kier molecular flexibility index (Phi) is 1.47. The smallest absolute Gasteiger partial charge is 0.171 e. The molecule has 12 heavy (non-hydrogen) atoms. The molecule has 1 N–H and O–H groups in total. The Labute approximate surface area is 68.6 Å². The molecule has 0 aromatic heterocycles. The minimum atomic E-state index is -0.329. The van der Waals surface area contributed by atoms with Crippen LogP contribution < -0.4 is 0 Å². The molecular formula is C6H7N5O. The van der Waals surface area contributed by atoms with Gasteiger partial charge in [0, 0.05) is 7.05 Å². The highest BCUT2D eigenvalue weighted by atomic mass is 16.5. The van der Waals surface area contributed by atoms with E-state index < -0.39 is 0 Å². The van der Waals surface area contributed by atoms with Crippen LogP contribution >= 0.6 is 0 Å². The molecule has 1 unspecified atom stereocenters. The summed E-state index contributed by atoms with van der Waals surface area (Å²) in [5.74, 6) is 1.01. The van der Waals surface area contributed by atoms with Crippen LogP contribution in [0.4, 0.5) is 0 Å². The molecule has 6 heteroatoms. The number of hydrogen-bond acceptors (Lipinski definition) is 6. The average Bonchev–Trinajstić information content (AvgIpc) is 2.49. The third-order valence-electron chi connectivity index (χ3n) is 1.61. The Morgan fingerprint density at radius 1 is 1.42 bits per heavy atom. The molecule has 0 saturated carbocycles. The lowest BCUT2D eigenvalue weighted by molar-refractivity contribution is 0.0113. The molecule has 2 rings (SSSR count). The molecule has 0 radical (unpaired) electrons. The fourth-order valence-corrected chi connectivity index (χ4v) is 1.06. The van der Waals surface area contributed by atoms with Crippen molar-refractivity contribution in [1.29, 1.82) is 0 Å². The van der Waals surface area contributed by atoms with Crippen LogP contribution in [0, 0.1) is 0 Å². The van der Waals surface area contributed by atoms with Crippen molar-refractivity contribution in [2.45, 2.75) is 6.04 Å². The summed E-state index contributed by atoms with van der Waals surface area (Å²) >= 11 is 0. The summed E-state index contributed by atoms with van der Waals surface area (Å²) in [4.78, 5) is 15.7. The van der Waals surface area contributed by atoms with E-state index in [4.69, 9.17) is 5.21 Å². The van der Waals surface area contributed by atoms with Crippen molar-refractivity contribution in [3.63, 3.8) is 0 Å². The summed E-state index contributed by atoms with van der Waals surface area (Å²) in [5, 5.41) is 10.1. The number of nitrogens with zero attached hydrogens (tertiary/aromatic N) is 5. The van der Waals surface area contributed by atoms with Crippen LogP contribution in [-0.4, -0.2) is 47.7 Å². The Morgan fingerprint density at radius 2 is 2.25 bits per heavy atom. The van der Waals surface area contributed by atoms with E-state index in [1.165, 1.54) is 19.7 Å². The minimum absolute atomic E-state index is 0.329. The maximum absolute atomic E-state index is 9.14. The van der Waals surface area contributed by atoms with E-state index in [2.05, 4.69) is 20.0 Å². The normalized spacial score (nSPS) is 25.0. The van der Waals surface area contributed by atoms with Crippen molar-refractivity contribution in [1.82, 2.24) is 5.06 Å². The minimum Gasteiger partial charge on any atom is -0.287 e. The second-order valence-corrected chi connectivity index (χ2v) is 2.41. The molecule has 2 aliphatic heterocycles. The number of amidine groups is 2. The van der Waals surface area contributed by atoms with Gasteiger partial charge in [0.15, 0.2) is 17.7 Å². The fraction of sp³-hybridized carbons (Fsp3) is 0.333. The first kappa shape index (κ1) is 7.11. The van der Waals surface area contributed by atoms with E-state index >= 15 is 0 Å². The van der Waals surface area contributed by atoms with Crippen LogP contribution in [0.1, 0.15) is 0 Å². The number of hydroxylamine groups is 2. The SMILES string of the molecule is CN(O)C1=NC=NC2=NC=NC21. The van der Waals surface area contributed by atoms with Crippen LogP contribution in [0.2, 0.25) is 0 Å². The van der Waals surface area contributed by atoms with Gasteiger partial charge in [-0.15, -0.1) is 0 Å². The maximum atomic E-state index is 9.14. The van der Waals surface area contributed by atoms with Crippen molar-refractivity contribution in [3.8, 4) is 0 Å². The van der Waals surface area contributed by atoms with Gasteiger partial charge in [-0.1, -0.05) is 0 Å². The van der Waals surface area contributed by atoms with Gasteiger partial charge in [0.25, 0.3) is 0 Å². The number of hydrogen-bond donors (Lipinski definition) is 1. The molecule has 2 aliphatic rings. The summed E-state index contributed by atoms with van der Waals surface area (Å²) in [6.45, 7) is 0. The summed E-state index contributed by atoms with van der Waals surface area (Å²) in [6, 6.07) is -0.329. The molecular weight excluding hydrogens is 158 g/mol. The van der Waals surface area contributed by atoms with Crippen molar-refractivity contribution in [2.24, 2.45) is 20.0 Å². The molecule has 0 fully saturated rings. The number of fused-ring (bicyclic) bond motifs is 1. The number of aliphatic imine (C=N–C) groups is 4. The predicted molar refractivity (Wildman–Crippen MR) is 45.2 cm³/mol. The highest BCUT2D eigenvalue weighted by Gasteiger charge is 2.28. The Hall–Kier alpha value is -1.56. The van der Waals surface area contributed by atoms with Crippen molar-refractivity contribution >= 4 is 24.3 Å². The monoisotopic (exact) mass is 165 g/mol. The average molecular weight is 165 g/mol. The van der Waals surface area contributed by atoms with E-state index in [0.29, 0.717) is 11.7 Å². The van der Waals surface area contributed by atoms with Crippen LogP contribution in [0.3, 0.4) is 0 Å². The summed E-state index contributed by atoms with van der Waals surface area (Å²) in [7, 11) is 1.49. The second-order valence-electron chi connectivity index (χ2n) is 2.41. The standard InChI is InChI=1S/C6H7N5O/c1-11(12)6-4-5(8-2-7-4)9-3-10-6/h2-4,12H,1H3. The molecule has 0 bridgehead atoms. The third-order valence-corrected chi connectivity index (χ3v) is 1.61.